The van der Waals surface area contributed by atoms with Crippen LogP contribution in [0, 0.1) is 6.92 Å². The van der Waals surface area contributed by atoms with Crippen LogP contribution >= 0.6 is 0 Å². The number of urea groups is 1. The van der Waals surface area contributed by atoms with Crippen molar-refractivity contribution in [2.24, 2.45) is 0 Å². The van der Waals surface area contributed by atoms with E-state index >= 15 is 0 Å². The minimum atomic E-state index is -0.266. The first-order chi connectivity index (χ1) is 11.2. The highest BCUT2D eigenvalue weighted by Gasteiger charge is 2.28. The van der Waals surface area contributed by atoms with E-state index in [4.69, 9.17) is 4.74 Å². The maximum atomic E-state index is 12.2. The van der Waals surface area contributed by atoms with Gasteiger partial charge in [0.2, 0.25) is 0 Å². The average Bonchev–Trinajstić information content (AvgIpc) is 2.56. The molecule has 0 aromatic carbocycles. The lowest BCUT2D eigenvalue weighted by atomic mass is 9.97. The second-order valence-corrected chi connectivity index (χ2v) is 5.64. The van der Waals surface area contributed by atoms with Crippen molar-refractivity contribution in [3.05, 3.63) is 54.0 Å². The van der Waals surface area contributed by atoms with Crippen LogP contribution in [0.15, 0.2) is 42.9 Å². The Morgan fingerprint density at radius 2 is 2.09 bits per heavy atom. The molecule has 1 saturated heterocycles. The van der Waals surface area contributed by atoms with Gasteiger partial charge in [0.15, 0.2) is 0 Å². The Morgan fingerprint density at radius 3 is 2.87 bits per heavy atom. The zero-order chi connectivity index (χ0) is 16.1. The van der Waals surface area contributed by atoms with E-state index in [9.17, 15) is 4.79 Å². The van der Waals surface area contributed by atoms with Crippen LogP contribution in [0.2, 0.25) is 0 Å². The number of aromatic nitrogens is 2. The predicted octanol–water partition coefficient (Wildman–Crippen LogP) is 2.83. The van der Waals surface area contributed by atoms with E-state index in [0.29, 0.717) is 12.4 Å². The fraction of sp³-hybridized carbons (Fsp3) is 0.353. The molecule has 1 aliphatic rings. The van der Waals surface area contributed by atoms with Gasteiger partial charge in [0.05, 0.1) is 6.04 Å². The number of rotatable bonds is 3. The molecule has 1 aliphatic heterocycles. The molecule has 0 aliphatic carbocycles. The number of anilines is 1. The zero-order valence-electron chi connectivity index (χ0n) is 13.0. The summed E-state index contributed by atoms with van der Waals surface area (Å²) in [6.45, 7) is 2.66. The largest absolute Gasteiger partial charge is 0.371 e. The Morgan fingerprint density at radius 1 is 1.26 bits per heavy atom. The van der Waals surface area contributed by atoms with Gasteiger partial charge in [-0.3, -0.25) is 10.3 Å². The molecule has 6 heteroatoms. The van der Waals surface area contributed by atoms with E-state index in [2.05, 4.69) is 20.6 Å². The van der Waals surface area contributed by atoms with E-state index in [0.717, 1.165) is 24.0 Å². The van der Waals surface area contributed by atoms with Crippen LogP contribution < -0.4 is 10.6 Å². The number of hydrogen-bond acceptors (Lipinski definition) is 4. The van der Waals surface area contributed by atoms with E-state index in [1.807, 2.05) is 31.2 Å². The van der Waals surface area contributed by atoms with E-state index in [1.165, 1.54) is 0 Å². The molecule has 2 N–H and O–H groups in total. The summed E-state index contributed by atoms with van der Waals surface area (Å²) in [5, 5.41) is 5.77. The summed E-state index contributed by atoms with van der Waals surface area (Å²) in [6, 6.07) is 7.22. The highest BCUT2D eigenvalue weighted by molar-refractivity contribution is 5.88. The van der Waals surface area contributed by atoms with Crippen LogP contribution in [0.4, 0.5) is 10.6 Å². The number of nitrogens with one attached hydrogen (secondary N) is 2. The smallest absolute Gasteiger partial charge is 0.320 e. The Balaban J connectivity index is 1.66. The van der Waals surface area contributed by atoms with Crippen LogP contribution in [-0.4, -0.2) is 28.6 Å². The van der Waals surface area contributed by atoms with Crippen molar-refractivity contribution < 1.29 is 9.53 Å². The van der Waals surface area contributed by atoms with E-state index in [1.54, 1.807) is 18.6 Å². The highest BCUT2D eigenvalue weighted by Crippen LogP contribution is 2.28. The number of pyridine rings is 2. The average molecular weight is 312 g/mol. The molecule has 0 spiro atoms. The lowest BCUT2D eigenvalue weighted by molar-refractivity contribution is -0.00701. The van der Waals surface area contributed by atoms with Gasteiger partial charge >= 0.3 is 6.03 Å². The Bertz CT molecular complexity index is 663. The number of amides is 2. The van der Waals surface area contributed by atoms with Crippen LogP contribution in [0.5, 0.6) is 0 Å². The minimum Gasteiger partial charge on any atom is -0.371 e. The normalized spacial score (nSPS) is 20.7. The molecule has 0 unspecified atom stereocenters. The highest BCUT2D eigenvalue weighted by atomic mass is 16.5. The van der Waals surface area contributed by atoms with Crippen molar-refractivity contribution in [3.63, 3.8) is 0 Å². The Hall–Kier alpha value is -2.47. The van der Waals surface area contributed by atoms with Crippen LogP contribution in [-0.2, 0) is 4.74 Å². The number of carbonyl (C=O) groups is 1. The van der Waals surface area contributed by atoms with E-state index < -0.39 is 0 Å². The zero-order valence-corrected chi connectivity index (χ0v) is 13.0. The van der Waals surface area contributed by atoms with Gasteiger partial charge in [-0.1, -0.05) is 0 Å². The molecule has 0 bridgehead atoms. The molecule has 2 amide bonds. The summed E-state index contributed by atoms with van der Waals surface area (Å²) in [7, 11) is 0. The molecular formula is C17H20N4O2. The first-order valence-electron chi connectivity index (χ1n) is 7.74. The molecular weight excluding hydrogens is 292 g/mol. The molecule has 120 valence electrons. The summed E-state index contributed by atoms with van der Waals surface area (Å²) in [5.74, 6) is 0.541. The topological polar surface area (TPSA) is 76.1 Å². The van der Waals surface area contributed by atoms with Crippen LogP contribution in [0.1, 0.15) is 30.1 Å². The summed E-state index contributed by atoms with van der Waals surface area (Å²) in [6.07, 6.45) is 6.80. The first-order valence-corrected chi connectivity index (χ1v) is 7.74. The van der Waals surface area contributed by atoms with Gasteiger partial charge < -0.3 is 10.1 Å². The van der Waals surface area contributed by atoms with Gasteiger partial charge in [-0.15, -0.1) is 0 Å². The molecule has 3 rings (SSSR count). The second-order valence-electron chi connectivity index (χ2n) is 5.64. The molecule has 1 fully saturated rings. The third kappa shape index (κ3) is 4.04. The monoisotopic (exact) mass is 312 g/mol. The molecule has 3 heterocycles. The number of aryl methyl sites for hydroxylation is 1. The summed E-state index contributed by atoms with van der Waals surface area (Å²) >= 11 is 0. The molecule has 2 atom stereocenters. The van der Waals surface area contributed by atoms with Crippen molar-refractivity contribution in [3.8, 4) is 0 Å². The Labute approximate surface area is 135 Å². The lowest BCUT2D eigenvalue weighted by Crippen LogP contribution is -2.44. The van der Waals surface area contributed by atoms with Crippen molar-refractivity contribution in [2.75, 3.05) is 11.9 Å². The molecule has 23 heavy (non-hydrogen) atoms. The maximum absolute atomic E-state index is 12.2. The third-order valence-corrected chi connectivity index (χ3v) is 3.83. The summed E-state index contributed by atoms with van der Waals surface area (Å²) in [4.78, 5) is 20.4. The van der Waals surface area contributed by atoms with Crippen molar-refractivity contribution >= 4 is 11.8 Å². The van der Waals surface area contributed by atoms with Gasteiger partial charge in [-0.25, -0.2) is 9.78 Å². The van der Waals surface area contributed by atoms with Gasteiger partial charge in [0.1, 0.15) is 11.9 Å². The van der Waals surface area contributed by atoms with E-state index in [-0.39, 0.29) is 18.2 Å². The minimum absolute atomic E-state index is 0.0732. The number of ether oxygens (including phenoxy) is 1. The quantitative estimate of drug-likeness (QED) is 0.913. The Kier molecular flexibility index (Phi) is 4.83. The fourth-order valence-electron chi connectivity index (χ4n) is 2.74. The standard InChI is InChI=1S/C17H20N4O2/c1-12-4-9-19-15(11-12)21-17(22)20-14-3-2-10-23-16(14)13-5-7-18-8-6-13/h4-9,11,14,16H,2-3,10H2,1H3,(H2,19,20,21,22)/t14-,16+/m1/s1. The number of nitrogens with zero attached hydrogens (tertiary/aromatic N) is 2. The van der Waals surface area contributed by atoms with Crippen LogP contribution in [0.25, 0.3) is 0 Å². The number of hydrogen-bond donors (Lipinski definition) is 2. The molecule has 6 nitrogen and oxygen atoms in total. The lowest BCUT2D eigenvalue weighted by Gasteiger charge is -2.32. The molecule has 0 radical (unpaired) electrons. The van der Waals surface area contributed by atoms with Gasteiger partial charge in [-0.2, -0.15) is 0 Å². The van der Waals surface area contributed by atoms with Crippen LogP contribution in [0.3, 0.4) is 0 Å². The van der Waals surface area contributed by atoms with Gasteiger partial charge in [0.25, 0.3) is 0 Å². The second kappa shape index (κ2) is 7.19. The van der Waals surface area contributed by atoms with Gasteiger partial charge in [0, 0.05) is 25.2 Å². The number of carbonyl (C=O) groups excluding carboxylic acids is 1. The molecule has 0 saturated carbocycles. The SMILES string of the molecule is Cc1ccnc(NC(=O)N[C@@H]2CCCO[C@H]2c2ccncc2)c1. The third-order valence-electron chi connectivity index (χ3n) is 3.83. The fourth-order valence-corrected chi connectivity index (χ4v) is 2.74. The van der Waals surface area contributed by atoms with Crippen molar-refractivity contribution in [1.29, 1.82) is 0 Å². The summed E-state index contributed by atoms with van der Waals surface area (Å²) in [5.41, 5.74) is 2.07. The predicted molar refractivity (Wildman–Crippen MR) is 87.1 cm³/mol. The first kappa shape index (κ1) is 15.4. The maximum Gasteiger partial charge on any atom is 0.320 e. The molecule has 2 aromatic rings. The molecule has 2 aromatic heterocycles. The van der Waals surface area contributed by atoms with Crippen molar-refractivity contribution in [1.82, 2.24) is 15.3 Å². The summed E-state index contributed by atoms with van der Waals surface area (Å²) < 4.78 is 5.86. The van der Waals surface area contributed by atoms with Gasteiger partial charge in [-0.05, 0) is 55.2 Å². The van der Waals surface area contributed by atoms with Crippen molar-refractivity contribution in [2.45, 2.75) is 31.9 Å².